The van der Waals surface area contributed by atoms with Crippen LogP contribution in [0, 0.1) is 23.2 Å². The number of thiol groups is 2. The number of nitrogens with one attached hydrogen (secondary N) is 3. The van der Waals surface area contributed by atoms with Crippen LogP contribution in [0.4, 0.5) is 0 Å². The van der Waals surface area contributed by atoms with Crippen molar-refractivity contribution in [3.05, 3.63) is 0 Å². The van der Waals surface area contributed by atoms with Gasteiger partial charge in [-0.2, -0.15) is 25.3 Å². The first-order valence-corrected chi connectivity index (χ1v) is 19.5. The summed E-state index contributed by atoms with van der Waals surface area (Å²) < 4.78 is -1.92. The zero-order chi connectivity index (χ0) is 42.5. The summed E-state index contributed by atoms with van der Waals surface area (Å²) in [5, 5.41) is 25.2. The molecular weight excluding hydrogens is 687 g/mol. The number of aliphatic hydroxyl groups is 2. The molecule has 0 aromatic rings. The van der Waals surface area contributed by atoms with Crippen molar-refractivity contribution in [3.8, 4) is 0 Å². The molecule has 13 heteroatoms. The van der Waals surface area contributed by atoms with Crippen LogP contribution < -0.4 is 27.4 Å². The maximum atomic E-state index is 12.9. The highest BCUT2D eigenvalue weighted by Crippen LogP contribution is 2.24. The van der Waals surface area contributed by atoms with Crippen LogP contribution in [0.5, 0.6) is 0 Å². The molecule has 0 bridgehead atoms. The van der Waals surface area contributed by atoms with Crippen molar-refractivity contribution < 1.29 is 29.4 Å². The van der Waals surface area contributed by atoms with Crippen LogP contribution in [-0.4, -0.2) is 80.7 Å². The number of amides is 4. The zero-order valence-corrected chi connectivity index (χ0v) is 37.9. The molecule has 0 radical (unpaired) electrons. The molecule has 0 aliphatic heterocycles. The first-order valence-electron chi connectivity index (χ1n) is 18.6. The van der Waals surface area contributed by atoms with Crippen molar-refractivity contribution in [1.82, 2.24) is 16.0 Å². The van der Waals surface area contributed by atoms with Crippen molar-refractivity contribution >= 4 is 48.9 Å². The molecule has 0 aromatic carbocycles. The third-order valence-electron chi connectivity index (χ3n) is 6.58. The molecule has 11 nitrogen and oxygen atoms in total. The number of carbonyl (C=O) groups excluding carboxylic acids is 4. The van der Waals surface area contributed by atoms with Gasteiger partial charge in [0.1, 0.15) is 17.5 Å². The van der Waals surface area contributed by atoms with Gasteiger partial charge in [-0.3, -0.25) is 19.2 Å². The van der Waals surface area contributed by atoms with E-state index in [1.165, 1.54) is 26.7 Å². The standard InChI is InChI=1S/C18H34N4O5S2.C6H15N.C6H14O.2C3H8.C2H6/c1-9(8-23)20-13(25)11(18(6,7)29)22-15(27)16(2,3)14(26)21-10(12(19)24)17(4,5)28;1-5(2)4-6(3)7;1-5(2)6(3)4-7;2*1-3-2;1-2/h9-11,23,28-29H,8H2,1-7H3,(H2,19,24)(H,20,25)(H,21,26)(H,22,27);5-6H,4,7H2,1-3H3;5-7H,4H2,1-3H3;2*3H2,1-2H3;1-2H3. The summed E-state index contributed by atoms with van der Waals surface area (Å²) in [6.07, 6.45) is 3.64. The first-order chi connectivity index (χ1) is 23.0. The third kappa shape index (κ3) is 35.3. The Morgan fingerprint density at radius 2 is 1.00 bits per heavy atom. The molecule has 0 saturated heterocycles. The number of carbonyl (C=O) groups is 4. The molecular formula is C38H85N5O6S2. The fourth-order valence-corrected chi connectivity index (χ4v) is 3.58. The maximum Gasteiger partial charge on any atom is 0.244 e. The van der Waals surface area contributed by atoms with Gasteiger partial charge in [0.05, 0.1) is 6.61 Å². The van der Waals surface area contributed by atoms with Crippen LogP contribution in [0.3, 0.4) is 0 Å². The van der Waals surface area contributed by atoms with Crippen molar-refractivity contribution in [2.75, 3.05) is 13.2 Å². The number of hydrogen-bond donors (Lipinski definition) is 9. The van der Waals surface area contributed by atoms with E-state index in [1.54, 1.807) is 34.6 Å². The molecule has 0 saturated carbocycles. The van der Waals surface area contributed by atoms with Gasteiger partial charge in [0.15, 0.2) is 0 Å². The van der Waals surface area contributed by atoms with Crippen LogP contribution in [0.2, 0.25) is 0 Å². The fourth-order valence-electron chi connectivity index (χ4n) is 3.21. The topological polar surface area (TPSA) is 197 Å². The minimum atomic E-state index is -1.63. The van der Waals surface area contributed by atoms with Gasteiger partial charge in [-0.1, -0.05) is 89.0 Å². The Morgan fingerprint density at radius 1 is 0.667 bits per heavy atom. The second kappa shape index (κ2) is 33.1. The van der Waals surface area contributed by atoms with Crippen LogP contribution in [0.1, 0.15) is 151 Å². The molecule has 5 unspecified atom stereocenters. The molecule has 0 heterocycles. The predicted molar refractivity (Wildman–Crippen MR) is 225 cm³/mol. The number of primary amides is 1. The fraction of sp³-hybridized carbons (Fsp3) is 0.895. The minimum Gasteiger partial charge on any atom is -0.396 e. The highest BCUT2D eigenvalue weighted by Gasteiger charge is 2.44. The molecule has 0 fully saturated rings. The Kier molecular flexibility index (Phi) is 39.9. The number of nitrogens with two attached hydrogens (primary N) is 2. The van der Waals surface area contributed by atoms with Crippen molar-refractivity contribution in [2.24, 2.45) is 34.6 Å². The second-order valence-corrected chi connectivity index (χ2v) is 17.5. The molecule has 51 heavy (non-hydrogen) atoms. The Bertz CT molecular complexity index is 881. The molecule has 0 aliphatic carbocycles. The Morgan fingerprint density at radius 3 is 1.18 bits per heavy atom. The predicted octanol–water partition coefficient (Wildman–Crippen LogP) is 5.89. The van der Waals surface area contributed by atoms with E-state index in [4.69, 9.17) is 21.7 Å². The normalized spacial score (nSPS) is 13.8. The van der Waals surface area contributed by atoms with E-state index in [-0.39, 0.29) is 6.61 Å². The van der Waals surface area contributed by atoms with Gasteiger partial charge in [0.25, 0.3) is 0 Å². The summed E-state index contributed by atoms with van der Waals surface area (Å²) in [6, 6.07) is -2.35. The first kappa shape index (κ1) is 61.5. The second-order valence-electron chi connectivity index (χ2n) is 15.2. The van der Waals surface area contributed by atoms with Gasteiger partial charge < -0.3 is 37.6 Å². The lowest BCUT2D eigenvalue weighted by atomic mass is 9.88. The summed E-state index contributed by atoms with van der Waals surface area (Å²) in [4.78, 5) is 49.8. The summed E-state index contributed by atoms with van der Waals surface area (Å²) >= 11 is 8.65. The molecule has 9 N–H and O–H groups in total. The lowest BCUT2D eigenvalue weighted by Crippen LogP contribution is -2.62. The Labute approximate surface area is 325 Å². The van der Waals surface area contributed by atoms with E-state index in [9.17, 15) is 19.2 Å². The summed E-state index contributed by atoms with van der Waals surface area (Å²) in [5.41, 5.74) is 9.20. The third-order valence-corrected chi connectivity index (χ3v) is 7.09. The van der Waals surface area contributed by atoms with Crippen molar-refractivity contribution in [3.63, 3.8) is 0 Å². The lowest BCUT2D eigenvalue weighted by Gasteiger charge is -2.34. The van der Waals surface area contributed by atoms with Crippen LogP contribution in [0.15, 0.2) is 0 Å². The van der Waals surface area contributed by atoms with Crippen LogP contribution >= 0.6 is 25.3 Å². The molecule has 0 rings (SSSR count). The Hall–Kier alpha value is -1.54. The van der Waals surface area contributed by atoms with Gasteiger partial charge in [-0.25, -0.2) is 0 Å². The van der Waals surface area contributed by atoms with Crippen molar-refractivity contribution in [1.29, 1.82) is 0 Å². The molecule has 0 spiro atoms. The SMILES string of the molecule is CC.CC(C)C(C)CO.CC(C)CC(C)N.CC(CO)NC(=O)C(NC(=O)C(C)(C)C(=O)NC(C(N)=O)C(C)(C)S)C(C)(C)S.CCC.CCC. The van der Waals surface area contributed by atoms with E-state index in [0.717, 1.165) is 12.3 Å². The highest BCUT2D eigenvalue weighted by atomic mass is 32.1. The van der Waals surface area contributed by atoms with E-state index >= 15 is 0 Å². The molecule has 0 aromatic heterocycles. The molecule has 5 atom stereocenters. The number of rotatable bonds is 14. The quantitative estimate of drug-likeness (QED) is 0.0775. The van der Waals surface area contributed by atoms with Gasteiger partial charge >= 0.3 is 0 Å². The van der Waals surface area contributed by atoms with Crippen LogP contribution in [-0.2, 0) is 19.2 Å². The average molecular weight is 772 g/mol. The molecule has 4 amide bonds. The van der Waals surface area contributed by atoms with E-state index in [1.807, 2.05) is 27.7 Å². The lowest BCUT2D eigenvalue weighted by molar-refractivity contribution is -0.145. The van der Waals surface area contributed by atoms with Crippen LogP contribution in [0.25, 0.3) is 0 Å². The largest absolute Gasteiger partial charge is 0.396 e. The highest BCUT2D eigenvalue weighted by molar-refractivity contribution is 7.82. The summed E-state index contributed by atoms with van der Waals surface area (Å²) in [7, 11) is 0. The van der Waals surface area contributed by atoms with Gasteiger partial charge in [0.2, 0.25) is 23.6 Å². The molecule has 0 aliphatic rings. The van der Waals surface area contributed by atoms with Gasteiger partial charge in [-0.15, -0.1) is 0 Å². The summed E-state index contributed by atoms with van der Waals surface area (Å²) in [6.45, 7) is 36.0. The minimum absolute atomic E-state index is 0.276. The van der Waals surface area contributed by atoms with Crippen molar-refractivity contribution in [2.45, 2.75) is 184 Å². The zero-order valence-electron chi connectivity index (χ0n) is 36.2. The van der Waals surface area contributed by atoms with E-state index in [0.29, 0.717) is 24.5 Å². The summed E-state index contributed by atoms with van der Waals surface area (Å²) in [5.74, 6) is -1.01. The van der Waals surface area contributed by atoms with Gasteiger partial charge in [-0.05, 0) is 79.6 Å². The average Bonchev–Trinajstić information content (AvgIpc) is 2.97. The molecule has 310 valence electrons. The Balaban J connectivity index is -0.000000186. The monoisotopic (exact) mass is 772 g/mol. The number of hydrogen-bond acceptors (Lipinski definition) is 9. The number of aliphatic hydroxyl groups excluding tert-OH is 2. The smallest absolute Gasteiger partial charge is 0.244 e. The van der Waals surface area contributed by atoms with Gasteiger partial charge in [0, 0.05) is 28.2 Å². The van der Waals surface area contributed by atoms with E-state index in [2.05, 4.69) is 96.6 Å². The van der Waals surface area contributed by atoms with E-state index < -0.39 is 56.7 Å². The maximum absolute atomic E-state index is 12.9.